The number of halogens is 1. The molecule has 0 fully saturated rings. The van der Waals surface area contributed by atoms with E-state index < -0.39 is 0 Å². The summed E-state index contributed by atoms with van der Waals surface area (Å²) < 4.78 is 12.9. The first kappa shape index (κ1) is 21.9. The van der Waals surface area contributed by atoms with Crippen LogP contribution in [0.4, 0.5) is 5.69 Å². The van der Waals surface area contributed by atoms with Gasteiger partial charge >= 0.3 is 0 Å². The van der Waals surface area contributed by atoms with Crippen LogP contribution in [-0.2, 0) is 11.4 Å². The lowest BCUT2D eigenvalue weighted by Gasteiger charge is -2.14. The van der Waals surface area contributed by atoms with E-state index in [-0.39, 0.29) is 24.7 Å². The molecule has 2 heterocycles. The van der Waals surface area contributed by atoms with Crippen LogP contribution in [0.2, 0.25) is 5.02 Å². The molecule has 4 rings (SSSR count). The molecule has 164 valence electrons. The molecular weight excluding hydrogens is 450 g/mol. The maximum absolute atomic E-state index is 12.4. The summed E-state index contributed by atoms with van der Waals surface area (Å²) in [6.07, 6.45) is 0. The largest absolute Gasteiger partial charge is 0.485 e. The molecule has 1 amide bonds. The number of aromatic nitrogens is 2. The van der Waals surface area contributed by atoms with Crippen molar-refractivity contribution >= 4 is 39.5 Å². The van der Waals surface area contributed by atoms with Gasteiger partial charge in [0.2, 0.25) is 0 Å². The topological polar surface area (TPSA) is 81.9 Å². The third-order valence-electron chi connectivity index (χ3n) is 4.61. The number of nitrogens with one attached hydrogen (secondary N) is 1. The summed E-state index contributed by atoms with van der Waals surface area (Å²) in [6, 6.07) is 13.8. The molecule has 1 N–H and O–H groups in total. The fourth-order valence-electron chi connectivity index (χ4n) is 3.09. The zero-order valence-electron chi connectivity index (χ0n) is 17.4. The Morgan fingerprint density at radius 3 is 2.75 bits per heavy atom. The van der Waals surface area contributed by atoms with E-state index in [0.29, 0.717) is 32.9 Å². The first-order valence-electron chi connectivity index (χ1n) is 9.78. The number of fused-ring (bicyclic) bond motifs is 1. The van der Waals surface area contributed by atoms with Gasteiger partial charge in [-0.2, -0.15) is 0 Å². The highest BCUT2D eigenvalue weighted by molar-refractivity contribution is 7.15. The van der Waals surface area contributed by atoms with Crippen molar-refractivity contribution in [2.75, 3.05) is 11.9 Å². The van der Waals surface area contributed by atoms with Crippen LogP contribution >= 0.6 is 22.9 Å². The van der Waals surface area contributed by atoms with E-state index >= 15 is 0 Å². The van der Waals surface area contributed by atoms with Gasteiger partial charge in [0, 0.05) is 17.1 Å². The fourth-order valence-corrected chi connectivity index (χ4v) is 4.17. The van der Waals surface area contributed by atoms with Gasteiger partial charge in [-0.15, -0.1) is 11.3 Å². The summed E-state index contributed by atoms with van der Waals surface area (Å²) >= 11 is 7.45. The van der Waals surface area contributed by atoms with E-state index in [1.54, 1.807) is 40.8 Å². The van der Waals surface area contributed by atoms with Gasteiger partial charge in [0.05, 0.1) is 16.4 Å². The van der Waals surface area contributed by atoms with Gasteiger partial charge < -0.3 is 14.8 Å². The van der Waals surface area contributed by atoms with Gasteiger partial charge in [0.15, 0.2) is 11.6 Å². The molecule has 0 spiro atoms. The Kier molecular flexibility index (Phi) is 6.43. The van der Waals surface area contributed by atoms with Gasteiger partial charge in [-0.1, -0.05) is 29.8 Å². The summed E-state index contributed by atoms with van der Waals surface area (Å²) in [6.45, 7) is 3.66. The minimum absolute atomic E-state index is 0.0880. The molecule has 0 unspecified atom stereocenters. The number of carbonyl (C=O) groups is 1. The van der Waals surface area contributed by atoms with Gasteiger partial charge in [0.1, 0.15) is 18.1 Å². The lowest BCUT2D eigenvalue weighted by molar-refractivity contribution is -0.118. The average molecular weight is 470 g/mol. The Balaban J connectivity index is 1.45. The predicted octanol–water partition coefficient (Wildman–Crippen LogP) is 4.62. The molecule has 0 aliphatic rings. The molecule has 9 heteroatoms. The lowest BCUT2D eigenvalue weighted by Crippen LogP contribution is -2.21. The van der Waals surface area contributed by atoms with Gasteiger partial charge in [0.25, 0.3) is 11.5 Å². The van der Waals surface area contributed by atoms with Crippen molar-refractivity contribution in [1.29, 1.82) is 0 Å². The van der Waals surface area contributed by atoms with Crippen LogP contribution in [0, 0.1) is 13.8 Å². The number of amides is 1. The van der Waals surface area contributed by atoms with Crippen LogP contribution in [0.5, 0.6) is 11.5 Å². The molecule has 2 aromatic heterocycles. The third kappa shape index (κ3) is 4.92. The summed E-state index contributed by atoms with van der Waals surface area (Å²) in [5, 5.41) is 5.12. The fraction of sp³-hybridized carbons (Fsp3) is 0.174. The van der Waals surface area contributed by atoms with E-state index in [2.05, 4.69) is 10.3 Å². The summed E-state index contributed by atoms with van der Waals surface area (Å²) in [5.74, 6) is 0.542. The first-order chi connectivity index (χ1) is 15.4. The number of benzene rings is 2. The van der Waals surface area contributed by atoms with Crippen LogP contribution in [0.25, 0.3) is 4.96 Å². The number of hydrogen-bond donors (Lipinski definition) is 1. The number of para-hydroxylation sites is 1. The van der Waals surface area contributed by atoms with Crippen molar-refractivity contribution in [3.05, 3.63) is 86.2 Å². The molecule has 0 saturated heterocycles. The highest BCUT2D eigenvalue weighted by Crippen LogP contribution is 2.27. The molecule has 0 bridgehead atoms. The minimum atomic E-state index is -0.354. The van der Waals surface area contributed by atoms with Gasteiger partial charge in [-0.25, -0.2) is 4.98 Å². The summed E-state index contributed by atoms with van der Waals surface area (Å²) in [5.41, 5.74) is 2.66. The second kappa shape index (κ2) is 9.42. The molecular formula is C23H20ClN3O4S. The summed E-state index contributed by atoms with van der Waals surface area (Å²) in [7, 11) is 0. The monoisotopic (exact) mass is 469 g/mol. The van der Waals surface area contributed by atoms with E-state index in [1.165, 1.54) is 17.4 Å². The van der Waals surface area contributed by atoms with E-state index in [0.717, 1.165) is 11.3 Å². The van der Waals surface area contributed by atoms with Crippen molar-refractivity contribution in [3.8, 4) is 11.5 Å². The molecule has 2 aromatic carbocycles. The maximum atomic E-state index is 12.4. The van der Waals surface area contributed by atoms with Crippen molar-refractivity contribution in [1.82, 2.24) is 9.38 Å². The van der Waals surface area contributed by atoms with E-state index in [4.69, 9.17) is 21.1 Å². The molecule has 0 aliphatic carbocycles. The van der Waals surface area contributed by atoms with Crippen molar-refractivity contribution in [2.45, 2.75) is 20.5 Å². The number of ether oxygens (including phenoxy) is 2. The average Bonchev–Trinajstić information content (AvgIpc) is 3.14. The Labute approximate surface area is 193 Å². The zero-order valence-corrected chi connectivity index (χ0v) is 19.0. The van der Waals surface area contributed by atoms with Gasteiger partial charge in [-0.05, 0) is 43.7 Å². The van der Waals surface area contributed by atoms with Crippen LogP contribution in [0.3, 0.4) is 0 Å². The number of anilines is 1. The molecule has 0 atom stereocenters. The number of rotatable bonds is 7. The Hall–Kier alpha value is -3.36. The number of nitrogens with zero attached hydrogens (tertiary/aromatic N) is 2. The maximum Gasteiger partial charge on any atom is 0.262 e. The molecule has 0 saturated carbocycles. The highest BCUT2D eigenvalue weighted by atomic mass is 35.5. The van der Waals surface area contributed by atoms with Crippen molar-refractivity contribution in [3.63, 3.8) is 0 Å². The molecule has 4 aromatic rings. The third-order valence-corrected chi connectivity index (χ3v) is 5.86. The number of hydrogen-bond acceptors (Lipinski definition) is 6. The second-order valence-corrected chi connectivity index (χ2v) is 8.38. The van der Waals surface area contributed by atoms with Crippen LogP contribution in [0.15, 0.2) is 58.7 Å². The zero-order chi connectivity index (χ0) is 22.7. The van der Waals surface area contributed by atoms with E-state index in [1.807, 2.05) is 25.3 Å². The molecule has 0 radical (unpaired) electrons. The molecule has 7 nitrogen and oxygen atoms in total. The van der Waals surface area contributed by atoms with E-state index in [9.17, 15) is 9.59 Å². The van der Waals surface area contributed by atoms with Crippen LogP contribution in [-0.4, -0.2) is 21.9 Å². The Bertz CT molecular complexity index is 1350. The smallest absolute Gasteiger partial charge is 0.262 e. The summed E-state index contributed by atoms with van der Waals surface area (Å²) in [4.78, 5) is 29.9. The first-order valence-corrected chi connectivity index (χ1v) is 11.0. The predicted molar refractivity (Wildman–Crippen MR) is 125 cm³/mol. The highest BCUT2D eigenvalue weighted by Gasteiger charge is 2.12. The number of carbonyl (C=O) groups excluding carboxylic acids is 1. The Morgan fingerprint density at radius 1 is 1.12 bits per heavy atom. The lowest BCUT2D eigenvalue weighted by atomic mass is 10.2. The SMILES string of the molecule is Cc1ccc(OCc2cc(=O)n3c(C)csc3n2)c(NC(=O)COc2ccccc2Cl)c1. The van der Waals surface area contributed by atoms with Crippen LogP contribution < -0.4 is 20.3 Å². The quantitative estimate of drug-likeness (QED) is 0.427. The molecule has 0 aliphatic heterocycles. The van der Waals surface area contributed by atoms with Crippen molar-refractivity contribution < 1.29 is 14.3 Å². The minimum Gasteiger partial charge on any atom is -0.485 e. The van der Waals surface area contributed by atoms with Crippen LogP contribution in [0.1, 0.15) is 17.0 Å². The van der Waals surface area contributed by atoms with Gasteiger partial charge in [-0.3, -0.25) is 14.0 Å². The number of aryl methyl sites for hydroxylation is 2. The van der Waals surface area contributed by atoms with Crippen molar-refractivity contribution in [2.24, 2.45) is 0 Å². The normalized spacial score (nSPS) is 10.8. The number of thiazole rings is 1. The Morgan fingerprint density at radius 2 is 1.94 bits per heavy atom. The molecule has 32 heavy (non-hydrogen) atoms. The standard InChI is InChI=1S/C23H20ClN3O4S/c1-14-7-8-20(30-11-16-10-22(29)27-15(2)13-32-23(27)25-16)18(9-14)26-21(28)12-31-19-6-4-3-5-17(19)24/h3-10,13H,11-12H2,1-2H3,(H,26,28). The second-order valence-electron chi connectivity index (χ2n) is 7.14.